The van der Waals surface area contributed by atoms with E-state index in [0.29, 0.717) is 6.42 Å². The van der Waals surface area contributed by atoms with Gasteiger partial charge in [-0.15, -0.1) is 0 Å². The summed E-state index contributed by atoms with van der Waals surface area (Å²) in [5, 5.41) is 86.1. The van der Waals surface area contributed by atoms with Crippen LogP contribution in [0, 0.1) is 0 Å². The summed E-state index contributed by atoms with van der Waals surface area (Å²) in [6, 6.07) is -0.904. The third kappa shape index (κ3) is 21.6. The van der Waals surface area contributed by atoms with Crippen molar-refractivity contribution in [1.82, 2.24) is 5.32 Å². The minimum atomic E-state index is -1.78. The Morgan fingerprint density at radius 1 is 0.593 bits per heavy atom. The summed E-state index contributed by atoms with van der Waals surface area (Å²) in [5.74, 6) is -0.257. The number of hydrogen-bond acceptors (Lipinski definition) is 13. The zero-order chi connectivity index (χ0) is 43.3. The third-order valence-corrected chi connectivity index (χ3v) is 11.7. The fourth-order valence-electron chi connectivity index (χ4n) is 7.82. The number of amides is 1. The Labute approximate surface area is 355 Å². The van der Waals surface area contributed by atoms with Gasteiger partial charge in [-0.05, 0) is 19.3 Å². The molecule has 9 N–H and O–H groups in total. The van der Waals surface area contributed by atoms with Gasteiger partial charge in [0.15, 0.2) is 12.6 Å². The van der Waals surface area contributed by atoms with Crippen LogP contribution in [0.15, 0.2) is 12.2 Å². The van der Waals surface area contributed by atoms with Crippen LogP contribution < -0.4 is 5.32 Å². The molecular weight excluding hydrogens is 762 g/mol. The summed E-state index contributed by atoms with van der Waals surface area (Å²) in [4.78, 5) is 12.8. The Bertz CT molecular complexity index is 1050. The lowest BCUT2D eigenvalue weighted by atomic mass is 9.97. The first-order chi connectivity index (χ1) is 28.6. The monoisotopic (exact) mass is 848 g/mol. The van der Waals surface area contributed by atoms with Crippen LogP contribution in [0.5, 0.6) is 0 Å². The van der Waals surface area contributed by atoms with E-state index in [9.17, 15) is 45.6 Å². The average Bonchev–Trinajstić information content (AvgIpc) is 3.23. The Hall–Kier alpha value is -1.27. The third-order valence-electron chi connectivity index (χ3n) is 11.7. The van der Waals surface area contributed by atoms with Gasteiger partial charge in [-0.25, -0.2) is 0 Å². The number of allylic oxidation sites excluding steroid dienone is 1. The summed E-state index contributed by atoms with van der Waals surface area (Å²) in [6.07, 6.45) is 16.3. The predicted octanol–water partition coefficient (Wildman–Crippen LogP) is 4.82. The maximum atomic E-state index is 12.8. The average molecular weight is 848 g/mol. The SMILES string of the molecule is CCCCCCCCCCCCCCCCCCCCC/C=C/C(O)C(COC1OC(CO)C(OC2OC(CO)C(O)C(O)C2O)C(O)C1O)NC(=O)CCCCCC. The van der Waals surface area contributed by atoms with Crippen molar-refractivity contribution < 1.29 is 64.6 Å². The first kappa shape index (κ1) is 53.9. The highest BCUT2D eigenvalue weighted by Gasteiger charge is 2.50. The molecule has 0 aromatic carbocycles. The molecule has 0 aliphatic carbocycles. The van der Waals surface area contributed by atoms with Crippen LogP contribution in [0.25, 0.3) is 0 Å². The molecule has 348 valence electrons. The van der Waals surface area contributed by atoms with Crippen molar-refractivity contribution in [3.8, 4) is 0 Å². The van der Waals surface area contributed by atoms with Gasteiger partial charge in [0.05, 0.1) is 32.0 Å². The molecule has 2 fully saturated rings. The Kier molecular flexibility index (Phi) is 30.4. The number of carbonyl (C=O) groups is 1. The zero-order valence-corrected chi connectivity index (χ0v) is 36.5. The van der Waals surface area contributed by atoms with Crippen LogP contribution in [0.4, 0.5) is 0 Å². The molecule has 2 rings (SSSR count). The normalized spacial score (nSPS) is 28.6. The van der Waals surface area contributed by atoms with Crippen molar-refractivity contribution in [3.63, 3.8) is 0 Å². The number of unbranched alkanes of at least 4 members (excludes halogenated alkanes) is 22. The van der Waals surface area contributed by atoms with E-state index < -0.39 is 86.8 Å². The second-order valence-corrected chi connectivity index (χ2v) is 16.9. The molecule has 12 atom stereocenters. The molecule has 1 amide bonds. The summed E-state index contributed by atoms with van der Waals surface area (Å²) >= 11 is 0. The van der Waals surface area contributed by atoms with Gasteiger partial charge < -0.3 is 65.1 Å². The molecule has 2 aliphatic heterocycles. The summed E-state index contributed by atoms with van der Waals surface area (Å²) < 4.78 is 22.5. The van der Waals surface area contributed by atoms with E-state index in [0.717, 1.165) is 38.5 Å². The number of aliphatic hydroxyl groups excluding tert-OH is 8. The smallest absolute Gasteiger partial charge is 0.220 e. The van der Waals surface area contributed by atoms with E-state index in [1.54, 1.807) is 6.08 Å². The second kappa shape index (κ2) is 33.3. The van der Waals surface area contributed by atoms with Crippen LogP contribution in [-0.4, -0.2) is 140 Å². The highest BCUT2D eigenvalue weighted by Crippen LogP contribution is 2.30. The molecule has 2 saturated heterocycles. The van der Waals surface area contributed by atoms with E-state index in [-0.39, 0.29) is 18.9 Å². The summed E-state index contributed by atoms with van der Waals surface area (Å²) in [7, 11) is 0. The van der Waals surface area contributed by atoms with Crippen molar-refractivity contribution in [2.75, 3.05) is 19.8 Å². The number of ether oxygens (including phenoxy) is 4. The van der Waals surface area contributed by atoms with Gasteiger partial charge >= 0.3 is 0 Å². The van der Waals surface area contributed by atoms with E-state index in [2.05, 4.69) is 19.2 Å². The van der Waals surface area contributed by atoms with Crippen LogP contribution in [-0.2, 0) is 23.7 Å². The van der Waals surface area contributed by atoms with E-state index in [4.69, 9.17) is 18.9 Å². The van der Waals surface area contributed by atoms with Crippen LogP contribution >= 0.6 is 0 Å². The van der Waals surface area contributed by atoms with Crippen LogP contribution in [0.2, 0.25) is 0 Å². The highest BCUT2D eigenvalue weighted by molar-refractivity contribution is 5.76. The molecule has 14 heteroatoms. The van der Waals surface area contributed by atoms with Gasteiger partial charge in [0.25, 0.3) is 0 Å². The van der Waals surface area contributed by atoms with E-state index in [1.807, 2.05) is 6.08 Å². The zero-order valence-electron chi connectivity index (χ0n) is 36.5. The number of carbonyl (C=O) groups excluding carboxylic acids is 1. The fourth-order valence-corrected chi connectivity index (χ4v) is 7.82. The maximum absolute atomic E-state index is 12.8. The molecular formula is C45H85NO13. The van der Waals surface area contributed by atoms with Crippen molar-refractivity contribution in [2.24, 2.45) is 0 Å². The van der Waals surface area contributed by atoms with E-state index in [1.165, 1.54) is 109 Å². The molecule has 0 aromatic heterocycles. The maximum Gasteiger partial charge on any atom is 0.220 e. The highest BCUT2D eigenvalue weighted by atomic mass is 16.7. The lowest BCUT2D eigenvalue weighted by Gasteiger charge is -2.46. The van der Waals surface area contributed by atoms with Gasteiger partial charge in [0, 0.05) is 6.42 Å². The van der Waals surface area contributed by atoms with Gasteiger partial charge in [0.2, 0.25) is 5.91 Å². The lowest BCUT2D eigenvalue weighted by molar-refractivity contribution is -0.359. The Morgan fingerprint density at radius 3 is 1.56 bits per heavy atom. The van der Waals surface area contributed by atoms with Gasteiger partial charge in [0.1, 0.15) is 48.8 Å². The molecule has 0 aromatic rings. The molecule has 2 aliphatic rings. The Balaban J connectivity index is 1.75. The molecule has 0 saturated carbocycles. The summed E-state index contributed by atoms with van der Waals surface area (Å²) in [6.45, 7) is 2.64. The fraction of sp³-hybridized carbons (Fsp3) is 0.933. The van der Waals surface area contributed by atoms with Crippen molar-refractivity contribution in [3.05, 3.63) is 12.2 Å². The van der Waals surface area contributed by atoms with Crippen molar-refractivity contribution in [1.29, 1.82) is 0 Å². The standard InChI is InChI=1S/C45H85NO13/c1-3-5-7-9-10-11-12-13-14-15-16-17-18-19-20-21-22-23-24-25-26-28-34(49)33(46-37(50)29-27-8-6-4-2)32-56-44-42(55)40(53)43(36(31-48)58-44)59-45-41(54)39(52)38(51)35(30-47)57-45/h26,28,33-36,38-45,47-49,51-55H,3-25,27,29-32H2,1-2H3,(H,46,50)/b28-26+. The van der Waals surface area contributed by atoms with Gasteiger partial charge in [-0.3, -0.25) is 4.79 Å². The molecule has 59 heavy (non-hydrogen) atoms. The predicted molar refractivity (Wildman–Crippen MR) is 226 cm³/mol. The number of rotatable bonds is 35. The first-order valence-electron chi connectivity index (χ1n) is 23.4. The summed E-state index contributed by atoms with van der Waals surface area (Å²) in [5.41, 5.74) is 0. The second-order valence-electron chi connectivity index (χ2n) is 16.9. The minimum absolute atomic E-state index is 0.257. The number of nitrogens with one attached hydrogen (secondary N) is 1. The van der Waals surface area contributed by atoms with Crippen molar-refractivity contribution in [2.45, 2.75) is 248 Å². The topological polar surface area (TPSA) is 228 Å². The van der Waals surface area contributed by atoms with Gasteiger partial charge in [-0.2, -0.15) is 0 Å². The molecule has 0 bridgehead atoms. The molecule has 0 spiro atoms. The van der Waals surface area contributed by atoms with E-state index >= 15 is 0 Å². The Morgan fingerprint density at radius 2 is 1.05 bits per heavy atom. The lowest BCUT2D eigenvalue weighted by Crippen LogP contribution is -2.65. The number of aliphatic hydroxyl groups is 8. The molecule has 14 nitrogen and oxygen atoms in total. The van der Waals surface area contributed by atoms with Crippen LogP contribution in [0.3, 0.4) is 0 Å². The number of hydrogen-bond donors (Lipinski definition) is 9. The largest absolute Gasteiger partial charge is 0.394 e. The van der Waals surface area contributed by atoms with Crippen LogP contribution in [0.1, 0.15) is 174 Å². The molecule has 0 radical (unpaired) electrons. The van der Waals surface area contributed by atoms with Crippen molar-refractivity contribution >= 4 is 5.91 Å². The van der Waals surface area contributed by atoms with Gasteiger partial charge in [-0.1, -0.05) is 161 Å². The quantitative estimate of drug-likeness (QED) is 0.0308. The molecule has 2 heterocycles. The minimum Gasteiger partial charge on any atom is -0.394 e. The first-order valence-corrected chi connectivity index (χ1v) is 23.4. The molecule has 12 unspecified atom stereocenters.